The molecule has 0 unspecified atom stereocenters. The molecular weight excluding hydrogens is 280 g/mol. The van der Waals surface area contributed by atoms with Crippen LogP contribution in [-0.2, 0) is 15.5 Å². The molecule has 0 aromatic heterocycles. The van der Waals surface area contributed by atoms with Gasteiger partial charge in [-0.1, -0.05) is 18.2 Å². The van der Waals surface area contributed by atoms with E-state index in [0.717, 1.165) is 12.2 Å². The van der Waals surface area contributed by atoms with Crippen molar-refractivity contribution < 1.29 is 13.7 Å². The minimum absolute atomic E-state index is 0.145. The van der Waals surface area contributed by atoms with Crippen LogP contribution in [0.2, 0.25) is 0 Å². The van der Waals surface area contributed by atoms with E-state index in [1.165, 1.54) is 0 Å². The van der Waals surface area contributed by atoms with Crippen molar-refractivity contribution in [2.45, 2.75) is 30.5 Å². The van der Waals surface area contributed by atoms with Gasteiger partial charge in [0.15, 0.2) is 0 Å². The number of benzene rings is 1. The smallest absolute Gasteiger partial charge is 0.338 e. The van der Waals surface area contributed by atoms with Crippen LogP contribution in [0, 0.1) is 0 Å². The molecule has 0 aliphatic carbocycles. The second kappa shape index (κ2) is 6.09. The molecule has 2 atom stereocenters. The first kappa shape index (κ1) is 14.6. The predicted molar refractivity (Wildman–Crippen MR) is 79.8 cm³/mol. The lowest BCUT2D eigenvalue weighted by molar-refractivity contribution is 0.00553. The molecule has 1 aromatic rings. The third-order valence-electron chi connectivity index (χ3n) is 2.93. The third kappa shape index (κ3) is 3.60. The zero-order valence-corrected chi connectivity index (χ0v) is 12.8. The van der Waals surface area contributed by atoms with Crippen LogP contribution in [0.3, 0.4) is 0 Å². The molecule has 2 rings (SSSR count). The Morgan fingerprint density at radius 3 is 2.68 bits per heavy atom. The Morgan fingerprint density at radius 1 is 1.37 bits per heavy atom. The van der Waals surface area contributed by atoms with Crippen LogP contribution < -0.4 is 0 Å². The predicted octanol–water partition coefficient (Wildman–Crippen LogP) is 2.83. The average molecular weight is 298 g/mol. The first-order chi connectivity index (χ1) is 9.00. The Hall–Kier alpha value is -0.810. The van der Waals surface area contributed by atoms with Crippen molar-refractivity contribution in [3.63, 3.8) is 0 Å². The lowest BCUT2D eigenvalue weighted by Crippen LogP contribution is -2.44. The molecule has 1 aliphatic rings. The summed E-state index contributed by atoms with van der Waals surface area (Å²) in [6.07, 6.45) is 0.969. The number of ether oxygens (including phenoxy) is 1. The van der Waals surface area contributed by atoms with Gasteiger partial charge in [-0.25, -0.2) is 4.79 Å². The fraction of sp³-hybridized carbons (Fsp3) is 0.500. The fourth-order valence-corrected chi connectivity index (χ4v) is 5.68. The van der Waals surface area contributed by atoms with Gasteiger partial charge in [-0.05, 0) is 38.2 Å². The molecule has 5 heteroatoms. The number of carbonyl (C=O) groups is 1. The van der Waals surface area contributed by atoms with Crippen LogP contribution in [-0.4, -0.2) is 31.9 Å². The van der Waals surface area contributed by atoms with Crippen LogP contribution in [0.4, 0.5) is 0 Å². The molecule has 1 aromatic carbocycles. The second-order valence-electron chi connectivity index (χ2n) is 5.00. The lowest BCUT2D eigenvalue weighted by atomic mass is 10.1. The molecule has 1 saturated heterocycles. The molecule has 0 spiro atoms. The summed E-state index contributed by atoms with van der Waals surface area (Å²) < 4.78 is 17.5. The maximum atomic E-state index is 12.1. The second-order valence-corrected chi connectivity index (χ2v) is 8.15. The molecule has 3 nitrogen and oxygen atoms in total. The van der Waals surface area contributed by atoms with E-state index < -0.39 is 16.4 Å². The van der Waals surface area contributed by atoms with Crippen LogP contribution in [0.1, 0.15) is 30.6 Å². The number of carbonyl (C=O) groups excluding carboxylic acids is 1. The van der Waals surface area contributed by atoms with Gasteiger partial charge in [0.25, 0.3) is 0 Å². The number of thioether (sulfide) groups is 1. The Balaban J connectivity index is 2.08. The highest BCUT2D eigenvalue weighted by molar-refractivity contribution is 8.12. The standard InChI is InChI=1S/C14H18O3S2/c1-14(2,13-18-9-6-10-19(13)16)17-12(15)11-7-4-3-5-8-11/h3-5,7-8,13H,6,9-10H2,1-2H3/t13-,19-/m0/s1. The van der Waals surface area contributed by atoms with Crippen molar-refractivity contribution in [2.75, 3.05) is 11.5 Å². The number of esters is 1. The van der Waals surface area contributed by atoms with Crippen molar-refractivity contribution >= 4 is 28.5 Å². The van der Waals surface area contributed by atoms with Crippen molar-refractivity contribution in [3.8, 4) is 0 Å². The highest BCUT2D eigenvalue weighted by Gasteiger charge is 2.39. The van der Waals surface area contributed by atoms with Gasteiger partial charge in [-0.15, -0.1) is 11.8 Å². The summed E-state index contributed by atoms with van der Waals surface area (Å²) in [5.41, 5.74) is -0.190. The molecule has 0 saturated carbocycles. The van der Waals surface area contributed by atoms with Gasteiger partial charge in [0.1, 0.15) is 10.2 Å². The van der Waals surface area contributed by atoms with E-state index in [4.69, 9.17) is 4.74 Å². The van der Waals surface area contributed by atoms with Crippen molar-refractivity contribution in [1.82, 2.24) is 0 Å². The fourth-order valence-electron chi connectivity index (χ4n) is 2.01. The minimum atomic E-state index is -0.935. The summed E-state index contributed by atoms with van der Waals surface area (Å²) in [5.74, 6) is 1.32. The molecule has 0 N–H and O–H groups in total. The van der Waals surface area contributed by atoms with E-state index in [1.807, 2.05) is 19.9 Å². The number of hydrogen-bond donors (Lipinski definition) is 0. The largest absolute Gasteiger partial charge is 0.454 e. The van der Waals surface area contributed by atoms with Crippen molar-refractivity contribution in [3.05, 3.63) is 35.9 Å². The SMILES string of the molecule is CC(C)(OC(=O)c1ccccc1)[C@H]1SCCC[S@@]1=O. The summed E-state index contributed by atoms with van der Waals surface area (Å²) in [4.78, 5) is 12.1. The van der Waals surface area contributed by atoms with E-state index in [2.05, 4.69) is 0 Å². The van der Waals surface area contributed by atoms with Crippen LogP contribution in [0.15, 0.2) is 30.3 Å². The van der Waals surface area contributed by atoms with E-state index in [9.17, 15) is 9.00 Å². The van der Waals surface area contributed by atoms with Crippen molar-refractivity contribution in [1.29, 1.82) is 0 Å². The third-order valence-corrected chi connectivity index (χ3v) is 7.11. The van der Waals surface area contributed by atoms with E-state index in [0.29, 0.717) is 11.3 Å². The van der Waals surface area contributed by atoms with E-state index >= 15 is 0 Å². The van der Waals surface area contributed by atoms with Gasteiger partial charge in [-0.3, -0.25) is 4.21 Å². The summed E-state index contributed by atoms with van der Waals surface area (Å²) in [6.45, 7) is 3.68. The van der Waals surface area contributed by atoms with Gasteiger partial charge in [-0.2, -0.15) is 0 Å². The molecule has 19 heavy (non-hydrogen) atoms. The lowest BCUT2D eigenvalue weighted by Gasteiger charge is -2.35. The van der Waals surface area contributed by atoms with E-state index in [1.54, 1.807) is 36.0 Å². The Morgan fingerprint density at radius 2 is 2.05 bits per heavy atom. The van der Waals surface area contributed by atoms with Crippen molar-refractivity contribution in [2.24, 2.45) is 0 Å². The van der Waals surface area contributed by atoms with Crippen LogP contribution in [0.5, 0.6) is 0 Å². The molecule has 0 radical (unpaired) electrons. The van der Waals surface area contributed by atoms with Gasteiger partial charge in [0.2, 0.25) is 0 Å². The Labute approximate surface area is 120 Å². The maximum Gasteiger partial charge on any atom is 0.338 e. The molecule has 104 valence electrons. The van der Waals surface area contributed by atoms with Gasteiger partial charge in [0.05, 0.1) is 5.56 Å². The maximum absolute atomic E-state index is 12.1. The van der Waals surface area contributed by atoms with Crippen LogP contribution in [0.25, 0.3) is 0 Å². The molecule has 0 bridgehead atoms. The Bertz CT molecular complexity index is 471. The highest BCUT2D eigenvalue weighted by Crippen LogP contribution is 2.34. The Kier molecular flexibility index (Phi) is 4.68. The average Bonchev–Trinajstić information content (AvgIpc) is 2.39. The van der Waals surface area contributed by atoms with Gasteiger partial charge >= 0.3 is 5.97 Å². The van der Waals surface area contributed by atoms with Gasteiger partial charge in [0, 0.05) is 16.6 Å². The summed E-state index contributed by atoms with van der Waals surface area (Å²) in [6, 6.07) is 8.91. The zero-order valence-electron chi connectivity index (χ0n) is 11.1. The number of rotatable bonds is 3. The number of hydrogen-bond acceptors (Lipinski definition) is 4. The molecule has 1 heterocycles. The normalized spacial score (nSPS) is 23.9. The van der Waals surface area contributed by atoms with Crippen LogP contribution >= 0.6 is 11.8 Å². The molecular formula is C14H18O3S2. The molecule has 1 fully saturated rings. The first-order valence-electron chi connectivity index (χ1n) is 6.28. The summed E-state index contributed by atoms with van der Waals surface area (Å²) in [7, 11) is -0.935. The summed E-state index contributed by atoms with van der Waals surface area (Å²) >= 11 is 1.64. The molecule has 0 amide bonds. The first-order valence-corrected chi connectivity index (χ1v) is 8.71. The zero-order chi connectivity index (χ0) is 13.9. The summed E-state index contributed by atoms with van der Waals surface area (Å²) in [5, 5.41) is 0. The molecule has 1 aliphatic heterocycles. The highest BCUT2D eigenvalue weighted by atomic mass is 32.2. The van der Waals surface area contributed by atoms with E-state index in [-0.39, 0.29) is 10.6 Å². The minimum Gasteiger partial charge on any atom is -0.454 e. The van der Waals surface area contributed by atoms with Gasteiger partial charge < -0.3 is 4.74 Å². The quantitative estimate of drug-likeness (QED) is 0.805. The monoisotopic (exact) mass is 298 g/mol. The topological polar surface area (TPSA) is 43.4 Å².